The number of phenolic OH excluding ortho intramolecular Hbond substituents is 1. The lowest BCUT2D eigenvalue weighted by molar-refractivity contribution is 0.0203. The van der Waals surface area contributed by atoms with Crippen LogP contribution in [0.25, 0.3) is 0 Å². The molecule has 3 N–H and O–H groups in total. The molecule has 27 heavy (non-hydrogen) atoms. The molecule has 1 aromatic carbocycles. The Hall–Kier alpha value is -1.26. The van der Waals surface area contributed by atoms with Crippen LogP contribution < -0.4 is 15.4 Å². The van der Waals surface area contributed by atoms with Crippen LogP contribution >= 0.6 is 24.0 Å². The van der Waals surface area contributed by atoms with Gasteiger partial charge in [-0.1, -0.05) is 0 Å². The summed E-state index contributed by atoms with van der Waals surface area (Å²) in [5, 5.41) is 16.4. The fourth-order valence-corrected chi connectivity index (χ4v) is 2.77. The van der Waals surface area contributed by atoms with Crippen LogP contribution in [0.2, 0.25) is 0 Å². The van der Waals surface area contributed by atoms with E-state index in [-0.39, 0.29) is 29.7 Å². The zero-order chi connectivity index (χ0) is 18.6. The molecule has 0 aromatic heterocycles. The monoisotopic (exact) mass is 493 g/mol. The summed E-state index contributed by atoms with van der Waals surface area (Å²) in [6.07, 6.45) is 3.12. The van der Waals surface area contributed by atoms with E-state index in [1.54, 1.807) is 32.4 Å². The van der Waals surface area contributed by atoms with E-state index in [9.17, 15) is 5.11 Å². The Labute approximate surface area is 178 Å². The summed E-state index contributed by atoms with van der Waals surface area (Å²) in [6, 6.07) is 5.16. The van der Waals surface area contributed by atoms with Gasteiger partial charge < -0.3 is 30.0 Å². The van der Waals surface area contributed by atoms with Gasteiger partial charge in [0.05, 0.1) is 7.11 Å². The van der Waals surface area contributed by atoms with Gasteiger partial charge in [0.1, 0.15) is 11.5 Å². The third-order valence-corrected chi connectivity index (χ3v) is 4.41. The van der Waals surface area contributed by atoms with Crippen molar-refractivity contribution in [1.29, 1.82) is 0 Å². The third-order valence-electron chi connectivity index (χ3n) is 4.41. The zero-order valence-electron chi connectivity index (χ0n) is 16.2. The number of nitrogens with one attached hydrogen (secondary N) is 2. The smallest absolute Gasteiger partial charge is 0.191 e. The second-order valence-corrected chi connectivity index (χ2v) is 6.33. The maximum absolute atomic E-state index is 9.92. The first-order chi connectivity index (χ1) is 12.7. The molecule has 7 nitrogen and oxygen atoms in total. The molecule has 1 fully saturated rings. The minimum absolute atomic E-state index is 0. The topological polar surface area (TPSA) is 84.3 Å². The van der Waals surface area contributed by atoms with E-state index in [2.05, 4.69) is 15.6 Å². The highest BCUT2D eigenvalue weighted by Crippen LogP contribution is 2.22. The molecule has 1 saturated heterocycles. The maximum Gasteiger partial charge on any atom is 0.191 e. The molecule has 0 unspecified atom stereocenters. The van der Waals surface area contributed by atoms with E-state index < -0.39 is 0 Å². The summed E-state index contributed by atoms with van der Waals surface area (Å²) in [6.45, 7) is 4.52. The van der Waals surface area contributed by atoms with Crippen LogP contribution in [0.3, 0.4) is 0 Å². The first-order valence-corrected chi connectivity index (χ1v) is 9.18. The number of hydrogen-bond donors (Lipinski definition) is 3. The maximum atomic E-state index is 9.92. The molecule has 154 valence electrons. The average Bonchev–Trinajstić information content (AvgIpc) is 2.68. The van der Waals surface area contributed by atoms with Gasteiger partial charge in [0.25, 0.3) is 0 Å². The molecule has 0 radical (unpaired) electrons. The van der Waals surface area contributed by atoms with Crippen LogP contribution in [0.4, 0.5) is 0 Å². The number of aliphatic imine (C=N–C) groups is 1. The summed E-state index contributed by atoms with van der Waals surface area (Å²) in [5.41, 5.74) is 0.757. The molecule has 8 heteroatoms. The molecule has 0 amide bonds. The molecule has 0 spiro atoms. The first kappa shape index (κ1) is 23.8. The second kappa shape index (κ2) is 13.8. The Morgan fingerprint density at radius 1 is 1.30 bits per heavy atom. The number of methoxy groups -OCH3 is 1. The van der Waals surface area contributed by atoms with Gasteiger partial charge in [0.15, 0.2) is 5.96 Å². The highest BCUT2D eigenvalue weighted by Gasteiger charge is 2.13. The molecular weight excluding hydrogens is 461 g/mol. The van der Waals surface area contributed by atoms with E-state index in [4.69, 9.17) is 14.2 Å². The van der Waals surface area contributed by atoms with Crippen LogP contribution in [-0.4, -0.2) is 58.2 Å². The SMILES string of the molecule is CN=C(NCCCOCC1CCOCC1)NCc1cc(OC)ccc1O.I. The predicted octanol–water partition coefficient (Wildman–Crippen LogP) is 2.52. The fraction of sp³-hybridized carbons (Fsp3) is 0.632. The number of phenols is 1. The second-order valence-electron chi connectivity index (χ2n) is 6.33. The Morgan fingerprint density at radius 3 is 2.78 bits per heavy atom. The lowest BCUT2D eigenvalue weighted by Gasteiger charge is -2.21. The third kappa shape index (κ3) is 8.98. The Bertz CT molecular complexity index is 566. The summed E-state index contributed by atoms with van der Waals surface area (Å²) in [5.74, 6) is 2.28. The number of hydrogen-bond acceptors (Lipinski definition) is 5. The Balaban J connectivity index is 0.00000364. The number of rotatable bonds is 9. The van der Waals surface area contributed by atoms with E-state index in [1.165, 1.54) is 0 Å². The van der Waals surface area contributed by atoms with E-state index in [0.717, 1.165) is 57.8 Å². The normalized spacial score (nSPS) is 15.1. The van der Waals surface area contributed by atoms with Crippen molar-refractivity contribution in [2.45, 2.75) is 25.8 Å². The van der Waals surface area contributed by atoms with Crippen LogP contribution in [0.1, 0.15) is 24.8 Å². The van der Waals surface area contributed by atoms with E-state index in [0.29, 0.717) is 24.2 Å². The van der Waals surface area contributed by atoms with Gasteiger partial charge in [-0.15, -0.1) is 24.0 Å². The van der Waals surface area contributed by atoms with Crippen molar-refractivity contribution < 1.29 is 19.3 Å². The van der Waals surface area contributed by atoms with Crippen LogP contribution in [0.15, 0.2) is 23.2 Å². The fourth-order valence-electron chi connectivity index (χ4n) is 2.77. The van der Waals surface area contributed by atoms with Crippen LogP contribution in [-0.2, 0) is 16.0 Å². The van der Waals surface area contributed by atoms with Gasteiger partial charge in [-0.2, -0.15) is 0 Å². The summed E-state index contributed by atoms with van der Waals surface area (Å²) in [4.78, 5) is 4.19. The van der Waals surface area contributed by atoms with E-state index >= 15 is 0 Å². The number of guanidine groups is 1. The van der Waals surface area contributed by atoms with Crippen molar-refractivity contribution in [3.8, 4) is 11.5 Å². The number of halogens is 1. The minimum Gasteiger partial charge on any atom is -0.508 e. The highest BCUT2D eigenvalue weighted by molar-refractivity contribution is 14.0. The zero-order valence-corrected chi connectivity index (χ0v) is 18.5. The molecular formula is C19H32IN3O4. The molecule has 2 rings (SSSR count). The summed E-state index contributed by atoms with van der Waals surface area (Å²) in [7, 11) is 3.33. The minimum atomic E-state index is 0. The average molecular weight is 493 g/mol. The van der Waals surface area contributed by atoms with Gasteiger partial charge in [0.2, 0.25) is 0 Å². The first-order valence-electron chi connectivity index (χ1n) is 9.18. The van der Waals surface area contributed by atoms with Gasteiger partial charge in [-0.3, -0.25) is 4.99 Å². The number of aromatic hydroxyl groups is 1. The van der Waals surface area contributed by atoms with Gasteiger partial charge in [0, 0.05) is 52.1 Å². The quantitative estimate of drug-likeness (QED) is 0.212. The number of benzene rings is 1. The molecule has 1 aliphatic rings. The summed E-state index contributed by atoms with van der Waals surface area (Å²) < 4.78 is 16.3. The van der Waals surface area contributed by atoms with Gasteiger partial charge in [-0.05, 0) is 43.4 Å². The number of ether oxygens (including phenoxy) is 3. The molecule has 0 saturated carbocycles. The van der Waals surface area contributed by atoms with Crippen molar-refractivity contribution in [2.75, 3.05) is 47.1 Å². The Kier molecular flexibility index (Phi) is 12.2. The highest BCUT2D eigenvalue weighted by atomic mass is 127. The standard InChI is InChI=1S/C19H31N3O4.HI/c1-20-19(22-13-16-12-17(24-2)4-5-18(16)23)21-8-3-9-26-14-15-6-10-25-11-7-15;/h4-5,12,15,23H,3,6-11,13-14H2,1-2H3,(H2,20,21,22);1H. The lowest BCUT2D eigenvalue weighted by Crippen LogP contribution is -2.37. The van der Waals surface area contributed by atoms with Gasteiger partial charge >= 0.3 is 0 Å². The number of nitrogens with zero attached hydrogens (tertiary/aromatic N) is 1. The summed E-state index contributed by atoms with van der Waals surface area (Å²) >= 11 is 0. The molecule has 0 atom stereocenters. The largest absolute Gasteiger partial charge is 0.508 e. The molecule has 0 bridgehead atoms. The van der Waals surface area contributed by atoms with Crippen molar-refractivity contribution >= 4 is 29.9 Å². The van der Waals surface area contributed by atoms with Crippen LogP contribution in [0.5, 0.6) is 11.5 Å². The van der Waals surface area contributed by atoms with Crippen molar-refractivity contribution in [3.05, 3.63) is 23.8 Å². The molecule has 1 heterocycles. The molecule has 1 aliphatic heterocycles. The van der Waals surface area contributed by atoms with E-state index in [1.807, 2.05) is 0 Å². The molecule has 1 aromatic rings. The Morgan fingerprint density at radius 2 is 2.07 bits per heavy atom. The lowest BCUT2D eigenvalue weighted by atomic mass is 10.0. The van der Waals surface area contributed by atoms with Crippen molar-refractivity contribution in [1.82, 2.24) is 10.6 Å². The van der Waals surface area contributed by atoms with Crippen molar-refractivity contribution in [3.63, 3.8) is 0 Å². The predicted molar refractivity (Wildman–Crippen MR) is 117 cm³/mol. The van der Waals surface area contributed by atoms with Gasteiger partial charge in [-0.25, -0.2) is 0 Å². The van der Waals surface area contributed by atoms with Crippen LogP contribution in [0, 0.1) is 5.92 Å². The molecule has 0 aliphatic carbocycles. The van der Waals surface area contributed by atoms with Crippen molar-refractivity contribution in [2.24, 2.45) is 10.9 Å².